The van der Waals surface area contributed by atoms with Crippen LogP contribution in [0.4, 0.5) is 0 Å². The van der Waals surface area contributed by atoms with E-state index in [2.05, 4.69) is 60.7 Å². The average Bonchev–Trinajstić information content (AvgIpc) is 1.10. The lowest BCUT2D eigenvalue weighted by molar-refractivity contribution is -0.139. The first-order valence-electron chi connectivity index (χ1n) is 43.5. The van der Waals surface area contributed by atoms with E-state index in [9.17, 15) is 43.2 Å². The second-order valence-electron chi connectivity index (χ2n) is 28.5. The fraction of sp³-hybridized carbons (Fsp3) is 0.884. The van der Waals surface area contributed by atoms with Crippen LogP contribution in [-0.2, 0) is 43.2 Å². The van der Waals surface area contributed by atoms with Crippen molar-refractivity contribution in [3.63, 3.8) is 0 Å². The first kappa shape index (κ1) is 121. The quantitative estimate of drug-likeness (QED) is 0.0153. The predicted octanol–water partition coefficient (Wildman–Crippen LogP) is 24.4. The maximum atomic E-state index is 10.2. The summed E-state index contributed by atoms with van der Waals surface area (Å²) in [5.41, 5.74) is 10.2. The Morgan fingerprint density at radius 1 is 0.231 bits per heavy atom. The summed E-state index contributed by atoms with van der Waals surface area (Å²) in [6, 6.07) is -0.821. The van der Waals surface area contributed by atoms with Crippen LogP contribution in [0.15, 0.2) is 0 Å². The zero-order valence-corrected chi connectivity index (χ0v) is 70.8. The van der Waals surface area contributed by atoms with E-state index >= 15 is 0 Å². The van der Waals surface area contributed by atoms with Crippen LogP contribution in [0.3, 0.4) is 0 Å². The van der Waals surface area contributed by atoms with Crippen LogP contribution in [0.2, 0.25) is 0 Å². The van der Waals surface area contributed by atoms with Gasteiger partial charge in [0.15, 0.2) is 5.96 Å². The van der Waals surface area contributed by atoms with Crippen molar-refractivity contribution >= 4 is 59.7 Å². The van der Waals surface area contributed by atoms with Crippen LogP contribution in [0.1, 0.15) is 479 Å². The molecule has 22 nitrogen and oxygen atoms in total. The number of carboxylic acids is 9. The molecule has 0 aliphatic rings. The van der Waals surface area contributed by atoms with Crippen molar-refractivity contribution in [3.05, 3.63) is 0 Å². The molecule has 0 aromatic rings. The molecule has 0 aliphatic heterocycles. The number of rotatable bonds is 69. The van der Waals surface area contributed by atoms with E-state index in [0.717, 1.165) is 103 Å². The summed E-state index contributed by atoms with van der Waals surface area (Å²) in [6.45, 7) is 18.1. The Balaban J connectivity index is -0.000000146. The number of carbonyl (C=O) groups is 9. The van der Waals surface area contributed by atoms with Crippen LogP contribution in [0.25, 0.3) is 0 Å². The lowest BCUT2D eigenvalue weighted by Gasteiger charge is -2.06. The maximum absolute atomic E-state index is 10.2. The van der Waals surface area contributed by atoms with E-state index in [0.29, 0.717) is 70.8 Å². The largest absolute Gasteiger partial charge is 0.481 e. The molecule has 108 heavy (non-hydrogen) atoms. The molecule has 0 bridgehead atoms. The Morgan fingerprint density at radius 2 is 0.352 bits per heavy atom. The zero-order chi connectivity index (χ0) is 83.4. The summed E-state index contributed by atoms with van der Waals surface area (Å²) in [5, 5.41) is 84.5. The molecule has 0 saturated carbocycles. The highest BCUT2D eigenvalue weighted by Crippen LogP contribution is 2.15. The SMILES string of the molecule is CCCCCCCCCC(=O)O.CCCCCCCCCC(=O)O.CCCCCCCCCC(=O)O.CCCCCCCCCC(=O)O.CCCCCCCCCC(=O)O.CCCCCCCCCC(=O)O.CCCCCCCCCC(=O)O.CCCCCCCCCC(=O)O.N=C(N)NCCCC(N)C(=O)O. The van der Waals surface area contributed by atoms with Crippen molar-refractivity contribution in [1.29, 1.82) is 5.41 Å². The van der Waals surface area contributed by atoms with Crippen molar-refractivity contribution in [2.75, 3.05) is 6.54 Å². The highest BCUT2D eigenvalue weighted by molar-refractivity contribution is 5.74. The molecule has 0 amide bonds. The third kappa shape index (κ3) is 166. The Kier molecular flexibility index (Phi) is 126. The summed E-state index contributed by atoms with van der Waals surface area (Å²) >= 11 is 0. The van der Waals surface area contributed by atoms with E-state index in [-0.39, 0.29) is 5.96 Å². The van der Waals surface area contributed by atoms with Crippen molar-refractivity contribution in [2.24, 2.45) is 11.5 Å². The van der Waals surface area contributed by atoms with Crippen LogP contribution in [-0.4, -0.2) is 118 Å². The molecule has 0 radical (unpaired) electrons. The van der Waals surface area contributed by atoms with Crippen molar-refractivity contribution < 1.29 is 89.1 Å². The molecule has 0 aliphatic carbocycles. The van der Waals surface area contributed by atoms with Crippen LogP contribution in [0, 0.1) is 5.41 Å². The average molecular weight is 1550 g/mol. The van der Waals surface area contributed by atoms with Gasteiger partial charge in [0.2, 0.25) is 0 Å². The minimum absolute atomic E-state index is 0.112. The lowest BCUT2D eigenvalue weighted by atomic mass is 10.1. The molecule has 22 heteroatoms. The van der Waals surface area contributed by atoms with Crippen LogP contribution < -0.4 is 16.8 Å². The summed E-state index contributed by atoms with van der Waals surface area (Å²) < 4.78 is 0. The molecule has 0 aromatic heterocycles. The standard InChI is InChI=1S/8C10H20O2.C6H14N4O2/c8*1-2-3-4-5-6-7-8-9-10(11)12;7-4(5(11)12)2-1-3-10-6(8)9/h8*2-9H2,1H3,(H,11,12);4H,1-3,7H2,(H,11,12)(H4,8,9,10). The molecular formula is C86H174N4O18. The number of hydrogen-bond acceptors (Lipinski definition) is 11. The smallest absolute Gasteiger partial charge is 0.320 e. The molecular weight excluding hydrogens is 1380 g/mol. The third-order valence-corrected chi connectivity index (χ3v) is 17.3. The first-order chi connectivity index (χ1) is 51.7. The first-order valence-corrected chi connectivity index (χ1v) is 43.5. The minimum Gasteiger partial charge on any atom is -0.481 e. The highest BCUT2D eigenvalue weighted by atomic mass is 16.4. The summed E-state index contributed by atoms with van der Waals surface area (Å²) in [5.74, 6) is -6.42. The van der Waals surface area contributed by atoms with Gasteiger partial charge in [-0.15, -0.1) is 0 Å². The Bertz CT molecular complexity index is 1560. The topological polar surface area (TPSA) is 424 Å². The van der Waals surface area contributed by atoms with Crippen molar-refractivity contribution in [2.45, 2.75) is 485 Å². The normalized spacial score (nSPS) is 10.3. The number of nitrogens with two attached hydrogens (primary N) is 2. The second kappa shape index (κ2) is 112. The molecule has 646 valence electrons. The van der Waals surface area contributed by atoms with Gasteiger partial charge < -0.3 is 62.7 Å². The van der Waals surface area contributed by atoms with E-state index in [4.69, 9.17) is 62.8 Å². The van der Waals surface area contributed by atoms with Gasteiger partial charge in [0.05, 0.1) is 0 Å². The molecule has 0 spiro atoms. The fourth-order valence-corrected chi connectivity index (χ4v) is 10.5. The summed E-state index contributed by atoms with van der Waals surface area (Å²) in [6.07, 6.45) is 70.1. The Hall–Kier alpha value is -5.54. The molecule has 0 saturated heterocycles. The van der Waals surface area contributed by atoms with Gasteiger partial charge in [-0.3, -0.25) is 48.6 Å². The molecule has 0 heterocycles. The van der Waals surface area contributed by atoms with Gasteiger partial charge in [0.25, 0.3) is 0 Å². The van der Waals surface area contributed by atoms with E-state index < -0.39 is 59.8 Å². The molecule has 1 unspecified atom stereocenters. The Morgan fingerprint density at radius 3 is 0.454 bits per heavy atom. The molecule has 0 rings (SSSR count). The number of unbranched alkanes of at least 4 members (excludes halogenated alkanes) is 48. The number of aliphatic carboxylic acids is 9. The summed E-state index contributed by atoms with van der Waals surface area (Å²) in [7, 11) is 0. The van der Waals surface area contributed by atoms with Gasteiger partial charge in [0.1, 0.15) is 6.04 Å². The van der Waals surface area contributed by atoms with E-state index in [1.807, 2.05) is 0 Å². The number of hydrogen-bond donors (Lipinski definition) is 13. The number of nitrogens with one attached hydrogen (secondary N) is 2. The highest BCUT2D eigenvalue weighted by Gasteiger charge is 2.10. The van der Waals surface area contributed by atoms with Gasteiger partial charge in [-0.25, -0.2) is 0 Å². The fourth-order valence-electron chi connectivity index (χ4n) is 10.5. The molecule has 0 aromatic carbocycles. The lowest BCUT2D eigenvalue weighted by Crippen LogP contribution is -2.34. The van der Waals surface area contributed by atoms with Crippen LogP contribution >= 0.6 is 0 Å². The zero-order valence-electron chi connectivity index (χ0n) is 70.8. The summed E-state index contributed by atoms with van der Waals surface area (Å²) in [4.78, 5) is 91.3. The molecule has 1 atom stereocenters. The van der Waals surface area contributed by atoms with Crippen LogP contribution in [0.5, 0.6) is 0 Å². The monoisotopic (exact) mass is 1550 g/mol. The van der Waals surface area contributed by atoms with Gasteiger partial charge in [0, 0.05) is 57.9 Å². The molecule has 0 fully saturated rings. The van der Waals surface area contributed by atoms with Crippen molar-refractivity contribution in [3.8, 4) is 0 Å². The van der Waals surface area contributed by atoms with E-state index in [1.165, 1.54) is 257 Å². The van der Waals surface area contributed by atoms with Gasteiger partial charge in [-0.05, 0) is 64.2 Å². The second-order valence-corrected chi connectivity index (χ2v) is 28.5. The van der Waals surface area contributed by atoms with Gasteiger partial charge in [-0.1, -0.05) is 364 Å². The number of carboxylic acid groups (broad SMARTS) is 9. The third-order valence-electron chi connectivity index (χ3n) is 17.3. The minimum atomic E-state index is -1.00. The number of guanidine groups is 1. The Labute approximate surface area is 659 Å². The maximum Gasteiger partial charge on any atom is 0.320 e. The predicted molar refractivity (Wildman–Crippen MR) is 447 cm³/mol. The van der Waals surface area contributed by atoms with Crippen molar-refractivity contribution in [1.82, 2.24) is 5.32 Å². The van der Waals surface area contributed by atoms with Gasteiger partial charge in [-0.2, -0.15) is 0 Å². The molecule has 15 N–H and O–H groups in total. The van der Waals surface area contributed by atoms with E-state index in [1.54, 1.807) is 0 Å². The van der Waals surface area contributed by atoms with Gasteiger partial charge >= 0.3 is 53.7 Å².